The van der Waals surface area contributed by atoms with E-state index in [0.717, 1.165) is 26.4 Å². The van der Waals surface area contributed by atoms with E-state index < -0.39 is 0 Å². The Labute approximate surface area is 53.3 Å². The van der Waals surface area contributed by atoms with Gasteiger partial charge < -0.3 is 9.47 Å². The van der Waals surface area contributed by atoms with Gasteiger partial charge in [0.1, 0.15) is 0 Å². The second-order valence-electron chi connectivity index (χ2n) is 1.22. The Bertz CT molecular complexity index is 26.8. The highest BCUT2D eigenvalue weighted by atomic mass is 35.5. The van der Waals surface area contributed by atoms with Crippen molar-refractivity contribution in [3.63, 3.8) is 0 Å². The molecule has 8 heavy (non-hydrogen) atoms. The van der Waals surface area contributed by atoms with Gasteiger partial charge in [0.15, 0.2) is 0 Å². The molecule has 0 atom stereocenters. The van der Waals surface area contributed by atoms with Crippen LogP contribution in [0.3, 0.4) is 0 Å². The van der Waals surface area contributed by atoms with Gasteiger partial charge in [0.2, 0.25) is 0 Å². The molecule has 0 aromatic heterocycles. The summed E-state index contributed by atoms with van der Waals surface area (Å²) < 4.78 is 16.4. The second-order valence-corrected chi connectivity index (χ2v) is 1.22. The van der Waals surface area contributed by atoms with E-state index in [-0.39, 0.29) is 0 Å². The summed E-state index contributed by atoms with van der Waals surface area (Å²) in [6, 6.07) is 0. The average Bonchev–Trinajstić information content (AvgIpc) is 1.96. The summed E-state index contributed by atoms with van der Waals surface area (Å²) in [5, 5.41) is 0. The van der Waals surface area contributed by atoms with E-state index >= 15 is 0 Å². The lowest BCUT2D eigenvalue weighted by molar-refractivity contribution is -0.0334. The molecule has 4 heteroatoms. The Balaban J connectivity index is 0.000000222. The molecule has 1 heterocycles. The minimum absolute atomic E-state index is 0.778. The molecular formula is C4H9ClO3. The van der Waals surface area contributed by atoms with Gasteiger partial charge in [-0.15, -0.1) is 0 Å². The maximum absolute atomic E-state index is 6.47. The Kier molecular flexibility index (Phi) is 7.32. The van der Waals surface area contributed by atoms with E-state index in [4.69, 9.17) is 14.1 Å². The van der Waals surface area contributed by atoms with Crippen LogP contribution in [0, 0.1) is 0 Å². The Hall–Kier alpha value is 0.170. The zero-order valence-electron chi connectivity index (χ0n) is 4.47. The molecule has 0 amide bonds. The Morgan fingerprint density at radius 2 is 1.12 bits per heavy atom. The van der Waals surface area contributed by atoms with E-state index in [1.165, 1.54) is 0 Å². The van der Waals surface area contributed by atoms with Gasteiger partial charge in [0, 0.05) is 0 Å². The van der Waals surface area contributed by atoms with Gasteiger partial charge >= 0.3 is 0 Å². The average molecular weight is 141 g/mol. The van der Waals surface area contributed by atoms with Crippen LogP contribution in [-0.2, 0) is 9.47 Å². The fourth-order valence-electron chi connectivity index (χ4n) is 0.440. The van der Waals surface area contributed by atoms with Crippen molar-refractivity contribution in [2.75, 3.05) is 26.4 Å². The smallest absolute Gasteiger partial charge is 0.0701 e. The summed E-state index contributed by atoms with van der Waals surface area (Å²) in [7, 11) is 0. The maximum atomic E-state index is 6.47. The molecule has 1 rings (SSSR count). The first-order chi connectivity index (χ1) is 4.00. The molecule has 0 aliphatic carbocycles. The summed E-state index contributed by atoms with van der Waals surface area (Å²) in [5.41, 5.74) is 0. The first kappa shape index (κ1) is 8.17. The second kappa shape index (κ2) is 7.17. The Morgan fingerprint density at radius 3 is 1.25 bits per heavy atom. The van der Waals surface area contributed by atoms with Crippen molar-refractivity contribution in [3.05, 3.63) is 0 Å². The molecule has 1 aliphatic heterocycles. The predicted molar refractivity (Wildman–Crippen MR) is 29.7 cm³/mol. The highest BCUT2D eigenvalue weighted by molar-refractivity contribution is 6.04. The summed E-state index contributed by atoms with van der Waals surface area (Å²) >= 11 is 3.64. The van der Waals surface area contributed by atoms with Crippen LogP contribution in [-0.4, -0.2) is 31.1 Å². The topological polar surface area (TPSA) is 38.7 Å². The first-order valence-corrected chi connectivity index (χ1v) is 2.66. The van der Waals surface area contributed by atoms with Crippen LogP contribution in [0.25, 0.3) is 0 Å². The van der Waals surface area contributed by atoms with Crippen molar-refractivity contribution in [2.24, 2.45) is 0 Å². The van der Waals surface area contributed by atoms with Crippen molar-refractivity contribution in [1.29, 1.82) is 0 Å². The molecule has 1 N–H and O–H groups in total. The van der Waals surface area contributed by atoms with E-state index in [2.05, 4.69) is 11.9 Å². The van der Waals surface area contributed by atoms with Gasteiger partial charge in [-0.05, 0) is 0 Å². The van der Waals surface area contributed by atoms with Crippen molar-refractivity contribution in [2.45, 2.75) is 0 Å². The summed E-state index contributed by atoms with van der Waals surface area (Å²) in [6.45, 7) is 3.11. The normalized spacial score (nSPS) is 18.8. The third-order valence-corrected chi connectivity index (χ3v) is 0.744. The van der Waals surface area contributed by atoms with Crippen LogP contribution in [0.4, 0.5) is 0 Å². The van der Waals surface area contributed by atoms with Crippen LogP contribution in [0.1, 0.15) is 0 Å². The molecule has 1 saturated heterocycles. The van der Waals surface area contributed by atoms with Crippen molar-refractivity contribution in [1.82, 2.24) is 0 Å². The molecule has 50 valence electrons. The minimum atomic E-state index is 0.778. The fraction of sp³-hybridized carbons (Fsp3) is 1.00. The molecule has 0 bridgehead atoms. The molecule has 0 unspecified atom stereocenters. The fourth-order valence-corrected chi connectivity index (χ4v) is 0.440. The lowest BCUT2D eigenvalue weighted by atomic mass is 10.6. The number of hydrogen-bond donors (Lipinski definition) is 1. The molecule has 1 aliphatic rings. The molecule has 1 fully saturated rings. The summed E-state index contributed by atoms with van der Waals surface area (Å²) in [5.74, 6) is 0. The minimum Gasteiger partial charge on any atom is -0.377 e. The molecule has 3 nitrogen and oxygen atoms in total. The van der Waals surface area contributed by atoms with Gasteiger partial charge in [-0.3, -0.25) is 4.66 Å². The zero-order chi connectivity index (χ0) is 6.24. The Morgan fingerprint density at radius 1 is 0.875 bits per heavy atom. The number of hydrogen-bond acceptors (Lipinski definition) is 3. The van der Waals surface area contributed by atoms with Gasteiger partial charge in [-0.2, -0.15) is 0 Å². The molecular weight excluding hydrogens is 131 g/mol. The van der Waals surface area contributed by atoms with Gasteiger partial charge in [0.05, 0.1) is 38.3 Å². The highest BCUT2D eigenvalue weighted by Gasteiger charge is 1.94. The molecule has 0 radical (unpaired) electrons. The van der Waals surface area contributed by atoms with Crippen LogP contribution in [0.15, 0.2) is 0 Å². The standard InChI is InChI=1S/C4H8O2.ClHO/c1-2-6-4-3-5-1;1-2/h1-4H2;2H. The first-order valence-electron chi connectivity index (χ1n) is 2.32. The van der Waals surface area contributed by atoms with Gasteiger partial charge in [-0.25, -0.2) is 0 Å². The highest BCUT2D eigenvalue weighted by Crippen LogP contribution is 1.85. The van der Waals surface area contributed by atoms with Crippen LogP contribution >= 0.6 is 11.9 Å². The zero-order valence-corrected chi connectivity index (χ0v) is 5.23. The van der Waals surface area contributed by atoms with Gasteiger partial charge in [-0.1, -0.05) is 0 Å². The number of halogens is 1. The molecule has 0 aromatic carbocycles. The molecule has 0 aromatic rings. The summed E-state index contributed by atoms with van der Waals surface area (Å²) in [4.78, 5) is 0. The van der Waals surface area contributed by atoms with Crippen molar-refractivity contribution < 1.29 is 14.1 Å². The van der Waals surface area contributed by atoms with E-state index in [0.29, 0.717) is 0 Å². The van der Waals surface area contributed by atoms with Crippen LogP contribution in [0.5, 0.6) is 0 Å². The molecule has 0 saturated carbocycles. The lowest BCUT2D eigenvalue weighted by Gasteiger charge is -2.09. The number of rotatable bonds is 0. The van der Waals surface area contributed by atoms with E-state index in [1.54, 1.807) is 0 Å². The van der Waals surface area contributed by atoms with Crippen molar-refractivity contribution >= 4 is 11.9 Å². The van der Waals surface area contributed by atoms with Gasteiger partial charge in [0.25, 0.3) is 0 Å². The monoisotopic (exact) mass is 140 g/mol. The van der Waals surface area contributed by atoms with E-state index in [9.17, 15) is 0 Å². The van der Waals surface area contributed by atoms with E-state index in [1.807, 2.05) is 0 Å². The predicted octanol–water partition coefficient (Wildman–Crippen LogP) is 0.166. The van der Waals surface area contributed by atoms with Crippen LogP contribution in [0.2, 0.25) is 0 Å². The SMILES string of the molecule is C1COCCO1.OCl. The summed E-state index contributed by atoms with van der Waals surface area (Å²) in [6.07, 6.45) is 0. The van der Waals surface area contributed by atoms with Crippen LogP contribution < -0.4 is 0 Å². The lowest BCUT2D eigenvalue weighted by Crippen LogP contribution is -2.16. The third kappa shape index (κ3) is 4.33. The maximum Gasteiger partial charge on any atom is 0.0701 e. The number of ether oxygens (including phenoxy) is 2. The van der Waals surface area contributed by atoms with Crippen molar-refractivity contribution in [3.8, 4) is 0 Å². The quantitative estimate of drug-likeness (QED) is 0.521. The molecule has 0 spiro atoms. The third-order valence-electron chi connectivity index (χ3n) is 0.744. The largest absolute Gasteiger partial charge is 0.377 e.